The number of carbonyl (C=O) groups excluding carboxylic acids is 2. The molecule has 1 aliphatic rings. The van der Waals surface area contributed by atoms with Gasteiger partial charge in [-0.2, -0.15) is 0 Å². The first-order valence-electron chi connectivity index (χ1n) is 11.5. The van der Waals surface area contributed by atoms with Crippen LogP contribution >= 0.6 is 11.3 Å². The Labute approximate surface area is 195 Å². The van der Waals surface area contributed by atoms with Gasteiger partial charge in [-0.25, -0.2) is 4.79 Å². The Bertz CT molecular complexity index is 913. The van der Waals surface area contributed by atoms with Crippen LogP contribution in [0.15, 0.2) is 35.7 Å². The maximum absolute atomic E-state index is 13.5. The number of hydrogen-bond acceptors (Lipinski definition) is 4. The van der Waals surface area contributed by atoms with Gasteiger partial charge >= 0.3 is 6.03 Å². The minimum atomic E-state index is -0.171. The van der Waals surface area contributed by atoms with Crippen LogP contribution in [0.25, 0.3) is 0 Å². The van der Waals surface area contributed by atoms with E-state index in [0.29, 0.717) is 19.7 Å². The number of carbonyl (C=O) groups is 2. The molecule has 0 bridgehead atoms. The molecule has 1 aromatic carbocycles. The number of amides is 3. The summed E-state index contributed by atoms with van der Waals surface area (Å²) < 4.78 is 6.17. The molecule has 2 aromatic rings. The summed E-state index contributed by atoms with van der Waals surface area (Å²) in [4.78, 5) is 31.1. The molecular weight excluding hydrogens is 422 g/mol. The number of urea groups is 1. The Balaban J connectivity index is 1.77. The molecule has 3 amide bonds. The molecule has 2 unspecified atom stereocenters. The normalized spacial score (nSPS) is 16.2. The molecule has 0 fully saturated rings. The van der Waals surface area contributed by atoms with Crippen LogP contribution in [-0.4, -0.2) is 54.0 Å². The van der Waals surface area contributed by atoms with E-state index >= 15 is 0 Å². The summed E-state index contributed by atoms with van der Waals surface area (Å²) in [6.45, 7) is 9.78. The maximum atomic E-state index is 13.5. The molecule has 1 aliphatic heterocycles. The van der Waals surface area contributed by atoms with Gasteiger partial charge in [-0.05, 0) is 61.7 Å². The van der Waals surface area contributed by atoms with Crippen LogP contribution in [0.1, 0.15) is 55.7 Å². The van der Waals surface area contributed by atoms with Gasteiger partial charge in [0.25, 0.3) is 0 Å². The van der Waals surface area contributed by atoms with Crippen LogP contribution in [0, 0.1) is 6.92 Å². The molecule has 174 valence electrons. The van der Waals surface area contributed by atoms with Crippen molar-refractivity contribution < 1.29 is 14.3 Å². The topological polar surface area (TPSA) is 61.9 Å². The van der Waals surface area contributed by atoms with Gasteiger partial charge in [-0.3, -0.25) is 4.79 Å². The first-order chi connectivity index (χ1) is 15.5. The van der Waals surface area contributed by atoms with Crippen molar-refractivity contribution in [2.45, 2.75) is 59.0 Å². The van der Waals surface area contributed by atoms with Gasteiger partial charge in [-0.1, -0.05) is 32.0 Å². The van der Waals surface area contributed by atoms with Crippen LogP contribution < -0.4 is 10.1 Å². The lowest BCUT2D eigenvalue weighted by Crippen LogP contribution is -2.52. The van der Waals surface area contributed by atoms with E-state index in [4.69, 9.17) is 4.74 Å². The summed E-state index contributed by atoms with van der Waals surface area (Å²) in [5.74, 6) is 0.801. The van der Waals surface area contributed by atoms with E-state index in [9.17, 15) is 9.59 Å². The fourth-order valence-electron chi connectivity index (χ4n) is 3.98. The van der Waals surface area contributed by atoms with Gasteiger partial charge in [0.2, 0.25) is 5.91 Å². The molecule has 0 saturated heterocycles. The van der Waals surface area contributed by atoms with E-state index in [2.05, 4.69) is 16.8 Å². The predicted molar refractivity (Wildman–Crippen MR) is 129 cm³/mol. The molecule has 0 spiro atoms. The largest absolute Gasteiger partial charge is 0.491 e. The van der Waals surface area contributed by atoms with Crippen molar-refractivity contribution in [2.75, 3.05) is 26.2 Å². The Morgan fingerprint density at radius 2 is 2.06 bits per heavy atom. The third kappa shape index (κ3) is 5.63. The molecule has 6 nitrogen and oxygen atoms in total. The lowest BCUT2D eigenvalue weighted by Gasteiger charge is -2.38. The molecule has 2 atom stereocenters. The van der Waals surface area contributed by atoms with Crippen LogP contribution in [0.4, 0.5) is 4.79 Å². The smallest absolute Gasteiger partial charge is 0.318 e. The fraction of sp³-hybridized carbons (Fsp3) is 0.520. The zero-order chi connectivity index (χ0) is 23.1. The molecule has 2 heterocycles. The minimum absolute atomic E-state index is 0.0148. The lowest BCUT2D eigenvalue weighted by atomic mass is 10.00. The SMILES string of the molecule is CCCNC(=O)N(CC(=O)N1CCc2sccc2C1COc1ccccc1C)C(C)CC. The van der Waals surface area contributed by atoms with Crippen LogP contribution in [0.2, 0.25) is 0 Å². The summed E-state index contributed by atoms with van der Waals surface area (Å²) in [6, 6.07) is 9.69. The van der Waals surface area contributed by atoms with E-state index in [0.717, 1.165) is 36.1 Å². The van der Waals surface area contributed by atoms with Gasteiger partial charge < -0.3 is 19.9 Å². The Hall–Kier alpha value is -2.54. The summed E-state index contributed by atoms with van der Waals surface area (Å²) in [6.07, 6.45) is 2.49. The van der Waals surface area contributed by atoms with Crippen LogP contribution in [0.5, 0.6) is 5.75 Å². The van der Waals surface area contributed by atoms with Gasteiger partial charge in [-0.15, -0.1) is 11.3 Å². The zero-order valence-corrected chi connectivity index (χ0v) is 20.4. The number of fused-ring (bicyclic) bond motifs is 1. The highest BCUT2D eigenvalue weighted by Crippen LogP contribution is 2.34. The number of nitrogens with one attached hydrogen (secondary N) is 1. The van der Waals surface area contributed by atoms with Gasteiger partial charge in [0.15, 0.2) is 0 Å². The van der Waals surface area contributed by atoms with Gasteiger partial charge in [0, 0.05) is 24.0 Å². The first kappa shape index (κ1) is 24.1. The quantitative estimate of drug-likeness (QED) is 0.589. The van der Waals surface area contributed by atoms with Crippen LogP contribution in [-0.2, 0) is 11.2 Å². The van der Waals surface area contributed by atoms with E-state index in [1.807, 2.05) is 56.9 Å². The predicted octanol–water partition coefficient (Wildman–Crippen LogP) is 4.78. The van der Waals surface area contributed by atoms with E-state index in [1.165, 1.54) is 4.88 Å². The van der Waals surface area contributed by atoms with Crippen molar-refractivity contribution in [1.82, 2.24) is 15.1 Å². The van der Waals surface area contributed by atoms with Gasteiger partial charge in [0.1, 0.15) is 18.9 Å². The second-order valence-electron chi connectivity index (χ2n) is 8.35. The first-order valence-corrected chi connectivity index (χ1v) is 12.4. The monoisotopic (exact) mass is 457 g/mol. The number of thiophene rings is 1. The highest BCUT2D eigenvalue weighted by atomic mass is 32.1. The number of benzene rings is 1. The van der Waals surface area contributed by atoms with Crippen molar-refractivity contribution in [1.29, 1.82) is 0 Å². The van der Waals surface area contributed by atoms with Crippen molar-refractivity contribution in [2.24, 2.45) is 0 Å². The maximum Gasteiger partial charge on any atom is 0.318 e. The van der Waals surface area contributed by atoms with E-state index in [-0.39, 0.29) is 30.6 Å². The lowest BCUT2D eigenvalue weighted by molar-refractivity contribution is -0.135. The van der Waals surface area contributed by atoms with Crippen molar-refractivity contribution >= 4 is 23.3 Å². The summed E-state index contributed by atoms with van der Waals surface area (Å²) in [5.41, 5.74) is 2.23. The Kier molecular flexibility index (Phi) is 8.56. The number of ether oxygens (including phenoxy) is 1. The number of rotatable bonds is 9. The third-order valence-electron chi connectivity index (χ3n) is 6.12. The second-order valence-corrected chi connectivity index (χ2v) is 9.35. The summed E-state index contributed by atoms with van der Waals surface area (Å²) in [5, 5.41) is 5.01. The van der Waals surface area contributed by atoms with Gasteiger partial charge in [0.05, 0.1) is 6.04 Å². The molecule has 0 radical (unpaired) electrons. The molecule has 32 heavy (non-hydrogen) atoms. The molecule has 7 heteroatoms. The molecule has 0 saturated carbocycles. The third-order valence-corrected chi connectivity index (χ3v) is 7.12. The molecule has 1 N–H and O–H groups in total. The minimum Gasteiger partial charge on any atom is -0.491 e. The Morgan fingerprint density at radius 3 is 2.78 bits per heavy atom. The standard InChI is InChI=1S/C25H35N3O3S/c1-5-13-26-25(30)28(19(4)6-2)16-24(29)27-14-11-23-20(12-15-32-23)21(27)17-31-22-10-8-7-9-18(22)3/h7-10,12,15,19,21H,5-6,11,13-14,16-17H2,1-4H3,(H,26,30). The van der Waals surface area contributed by atoms with Crippen molar-refractivity contribution in [3.05, 3.63) is 51.7 Å². The average Bonchev–Trinajstić information content (AvgIpc) is 3.28. The van der Waals surface area contributed by atoms with E-state index in [1.54, 1.807) is 16.2 Å². The highest BCUT2D eigenvalue weighted by Gasteiger charge is 2.34. The molecule has 0 aliphatic carbocycles. The summed E-state index contributed by atoms with van der Waals surface area (Å²) in [7, 11) is 0. The number of hydrogen-bond donors (Lipinski definition) is 1. The van der Waals surface area contributed by atoms with Crippen molar-refractivity contribution in [3.63, 3.8) is 0 Å². The van der Waals surface area contributed by atoms with Crippen molar-refractivity contribution in [3.8, 4) is 5.75 Å². The number of nitrogens with zero attached hydrogens (tertiary/aromatic N) is 2. The Morgan fingerprint density at radius 1 is 1.28 bits per heavy atom. The second kappa shape index (κ2) is 11.4. The average molecular weight is 458 g/mol. The van der Waals surface area contributed by atoms with Crippen LogP contribution in [0.3, 0.4) is 0 Å². The molecule has 1 aromatic heterocycles. The summed E-state index contributed by atoms with van der Waals surface area (Å²) >= 11 is 1.74. The zero-order valence-electron chi connectivity index (χ0n) is 19.6. The highest BCUT2D eigenvalue weighted by molar-refractivity contribution is 7.10. The molecular formula is C25H35N3O3S. The molecule has 3 rings (SSSR count). The van der Waals surface area contributed by atoms with E-state index < -0.39 is 0 Å². The number of para-hydroxylation sites is 1. The fourth-order valence-corrected chi connectivity index (χ4v) is 4.91. The number of aryl methyl sites for hydroxylation is 1.